The molecule has 1 rings (SSSR count). The smallest absolute Gasteiger partial charge is 0.119 e. The molecule has 2 nitrogen and oxygen atoms in total. The fourth-order valence-electron chi connectivity index (χ4n) is 1.57. The van der Waals surface area contributed by atoms with Crippen LogP contribution in [-0.2, 0) is 0 Å². The molecule has 0 N–H and O–H groups in total. The zero-order chi connectivity index (χ0) is 13.6. The van der Waals surface area contributed by atoms with E-state index in [4.69, 9.17) is 9.47 Å². The molecule has 0 amide bonds. The van der Waals surface area contributed by atoms with Gasteiger partial charge < -0.3 is 9.47 Å². The molecule has 1 atom stereocenters. The van der Waals surface area contributed by atoms with Crippen molar-refractivity contribution < 1.29 is 9.47 Å². The van der Waals surface area contributed by atoms with Crippen LogP contribution in [-0.4, -0.2) is 19.0 Å². The summed E-state index contributed by atoms with van der Waals surface area (Å²) in [5.41, 5.74) is 0.215. The van der Waals surface area contributed by atoms with Crippen molar-refractivity contribution >= 4 is 12.6 Å². The van der Waals surface area contributed by atoms with Gasteiger partial charge in [-0.15, -0.1) is 0 Å². The Morgan fingerprint density at radius 2 is 1.56 bits per heavy atom. The third kappa shape index (κ3) is 4.81. The lowest BCUT2D eigenvalue weighted by Gasteiger charge is -2.29. The van der Waals surface area contributed by atoms with Crippen LogP contribution in [0.2, 0.25) is 0 Å². The van der Waals surface area contributed by atoms with Crippen LogP contribution >= 0.6 is 12.6 Å². The molecule has 0 saturated heterocycles. The summed E-state index contributed by atoms with van der Waals surface area (Å²) in [7, 11) is 0. The Hall–Kier alpha value is -0.830. The summed E-state index contributed by atoms with van der Waals surface area (Å²) >= 11 is 4.40. The largest absolute Gasteiger partial charge is 0.494 e. The minimum absolute atomic E-state index is 0.215. The predicted octanol–water partition coefficient (Wildman–Crippen LogP) is 4.06. The van der Waals surface area contributed by atoms with Crippen LogP contribution in [0.1, 0.15) is 27.7 Å². The average Bonchev–Trinajstić information content (AvgIpc) is 2.30. The van der Waals surface area contributed by atoms with E-state index in [1.54, 1.807) is 0 Å². The molecule has 0 aliphatic heterocycles. The van der Waals surface area contributed by atoms with Gasteiger partial charge in [0.1, 0.15) is 11.5 Å². The van der Waals surface area contributed by atoms with Crippen LogP contribution in [0.3, 0.4) is 0 Å². The van der Waals surface area contributed by atoms with Gasteiger partial charge in [0, 0.05) is 5.92 Å². The highest BCUT2D eigenvalue weighted by Gasteiger charge is 2.23. The highest BCUT2D eigenvalue weighted by atomic mass is 32.1. The van der Waals surface area contributed by atoms with Crippen molar-refractivity contribution in [2.75, 3.05) is 19.0 Å². The van der Waals surface area contributed by atoms with E-state index in [0.717, 1.165) is 17.3 Å². The lowest BCUT2D eigenvalue weighted by molar-refractivity contribution is 0.165. The summed E-state index contributed by atoms with van der Waals surface area (Å²) in [5, 5.41) is 0. The van der Waals surface area contributed by atoms with E-state index in [1.165, 1.54) is 0 Å². The molecule has 0 aromatic heterocycles. The first kappa shape index (κ1) is 15.2. The zero-order valence-electron chi connectivity index (χ0n) is 11.8. The molecule has 0 heterocycles. The topological polar surface area (TPSA) is 18.5 Å². The lowest BCUT2D eigenvalue weighted by Crippen LogP contribution is -2.28. The Bertz CT molecular complexity index is 341. The summed E-state index contributed by atoms with van der Waals surface area (Å²) in [6, 6.07) is 7.77. The first-order chi connectivity index (χ1) is 8.47. The average molecular weight is 268 g/mol. The van der Waals surface area contributed by atoms with Crippen LogP contribution in [0.15, 0.2) is 24.3 Å². The summed E-state index contributed by atoms with van der Waals surface area (Å²) in [4.78, 5) is 0. The van der Waals surface area contributed by atoms with Gasteiger partial charge in [0.15, 0.2) is 0 Å². The third-order valence-electron chi connectivity index (χ3n) is 3.03. The summed E-state index contributed by atoms with van der Waals surface area (Å²) in [5.74, 6) is 3.04. The molecule has 3 heteroatoms. The van der Waals surface area contributed by atoms with Crippen molar-refractivity contribution in [3.8, 4) is 11.5 Å². The van der Waals surface area contributed by atoms with E-state index in [9.17, 15) is 0 Å². The van der Waals surface area contributed by atoms with Gasteiger partial charge in [-0.2, -0.15) is 12.6 Å². The molecule has 1 aromatic carbocycles. The van der Waals surface area contributed by atoms with Crippen molar-refractivity contribution in [1.29, 1.82) is 0 Å². The van der Waals surface area contributed by atoms with Gasteiger partial charge in [-0.05, 0) is 42.4 Å². The first-order valence-corrected chi connectivity index (χ1v) is 7.07. The number of thiol groups is 1. The van der Waals surface area contributed by atoms with Gasteiger partial charge >= 0.3 is 0 Å². The van der Waals surface area contributed by atoms with Crippen molar-refractivity contribution in [1.82, 2.24) is 0 Å². The molecule has 0 spiro atoms. The first-order valence-electron chi connectivity index (χ1n) is 6.44. The van der Waals surface area contributed by atoms with Gasteiger partial charge in [0.25, 0.3) is 0 Å². The number of ether oxygens (including phenoxy) is 2. The Kier molecular flexibility index (Phi) is 5.86. The van der Waals surface area contributed by atoms with Gasteiger partial charge in [-0.3, -0.25) is 0 Å². The Balaban J connectivity index is 2.52. The van der Waals surface area contributed by atoms with Crippen molar-refractivity contribution in [2.45, 2.75) is 27.7 Å². The summed E-state index contributed by atoms with van der Waals surface area (Å²) < 4.78 is 11.2. The summed E-state index contributed by atoms with van der Waals surface area (Å²) in [6.45, 7) is 10.0. The van der Waals surface area contributed by atoms with Crippen molar-refractivity contribution in [3.05, 3.63) is 24.3 Å². The molecule has 0 bridgehead atoms. The van der Waals surface area contributed by atoms with E-state index in [0.29, 0.717) is 19.1 Å². The maximum absolute atomic E-state index is 5.81. The predicted molar refractivity (Wildman–Crippen MR) is 79.9 cm³/mol. The molecule has 1 aromatic rings. The number of rotatable bonds is 6. The van der Waals surface area contributed by atoms with Crippen LogP contribution in [0, 0.1) is 11.3 Å². The second-order valence-corrected chi connectivity index (χ2v) is 5.83. The van der Waals surface area contributed by atoms with Gasteiger partial charge in [-0.25, -0.2) is 0 Å². The summed E-state index contributed by atoms with van der Waals surface area (Å²) in [6.07, 6.45) is 0. The number of hydrogen-bond acceptors (Lipinski definition) is 3. The quantitative estimate of drug-likeness (QED) is 0.784. The third-order valence-corrected chi connectivity index (χ3v) is 3.47. The van der Waals surface area contributed by atoms with E-state index in [1.807, 2.05) is 31.2 Å². The molecule has 0 aliphatic carbocycles. The monoisotopic (exact) mass is 268 g/mol. The molecule has 0 aliphatic rings. The van der Waals surface area contributed by atoms with Gasteiger partial charge in [0.2, 0.25) is 0 Å². The standard InChI is InChI=1S/C15H24O2S/c1-5-16-13-6-8-14(9-7-13)17-10-12(11-18)15(2,3)4/h6-9,12,18H,5,10-11H2,1-4H3. The van der Waals surface area contributed by atoms with Crippen LogP contribution < -0.4 is 9.47 Å². The molecule has 1 unspecified atom stereocenters. The normalized spacial score (nSPS) is 13.2. The molecular weight excluding hydrogens is 244 g/mol. The zero-order valence-corrected chi connectivity index (χ0v) is 12.7. The minimum atomic E-state index is 0.215. The SMILES string of the molecule is CCOc1ccc(OCC(CS)C(C)(C)C)cc1. The minimum Gasteiger partial charge on any atom is -0.494 e. The second-order valence-electron chi connectivity index (χ2n) is 5.46. The molecule has 0 radical (unpaired) electrons. The van der Waals surface area contributed by atoms with Gasteiger partial charge in [0.05, 0.1) is 13.2 Å². The number of hydrogen-bond donors (Lipinski definition) is 1. The number of benzene rings is 1. The highest BCUT2D eigenvalue weighted by molar-refractivity contribution is 7.80. The van der Waals surface area contributed by atoms with Crippen LogP contribution in [0.5, 0.6) is 11.5 Å². The van der Waals surface area contributed by atoms with E-state index in [2.05, 4.69) is 33.4 Å². The Morgan fingerprint density at radius 3 is 1.94 bits per heavy atom. The van der Waals surface area contributed by atoms with Crippen LogP contribution in [0.4, 0.5) is 0 Å². The molecule has 0 fully saturated rings. The highest BCUT2D eigenvalue weighted by Crippen LogP contribution is 2.28. The van der Waals surface area contributed by atoms with Crippen LogP contribution in [0.25, 0.3) is 0 Å². The molecule has 102 valence electrons. The van der Waals surface area contributed by atoms with Gasteiger partial charge in [-0.1, -0.05) is 20.8 Å². The van der Waals surface area contributed by atoms with Crippen molar-refractivity contribution in [3.63, 3.8) is 0 Å². The second kappa shape index (κ2) is 6.93. The van der Waals surface area contributed by atoms with Crippen molar-refractivity contribution in [2.24, 2.45) is 11.3 Å². The van der Waals surface area contributed by atoms with E-state index < -0.39 is 0 Å². The Labute approximate surface area is 116 Å². The van der Waals surface area contributed by atoms with E-state index >= 15 is 0 Å². The lowest BCUT2D eigenvalue weighted by atomic mass is 9.82. The fourth-order valence-corrected chi connectivity index (χ4v) is 2.23. The fraction of sp³-hybridized carbons (Fsp3) is 0.600. The maximum Gasteiger partial charge on any atom is 0.119 e. The molecule has 0 saturated carbocycles. The maximum atomic E-state index is 5.81. The Morgan fingerprint density at radius 1 is 1.06 bits per heavy atom. The van der Waals surface area contributed by atoms with E-state index in [-0.39, 0.29) is 5.41 Å². The molecular formula is C15H24O2S. The molecule has 18 heavy (non-hydrogen) atoms.